The minimum atomic E-state index is -4.69. The molecule has 23 heteroatoms. The van der Waals surface area contributed by atoms with Gasteiger partial charge in [0.05, 0.1) is 45.4 Å². The number of amides is 4. The summed E-state index contributed by atoms with van der Waals surface area (Å²) in [5.41, 5.74) is 1.88. The number of pyridine rings is 1. The number of carbonyl (C=O) groups is 5. The smallest absolute Gasteiger partial charge is 0.269 e. The van der Waals surface area contributed by atoms with Crippen LogP contribution >= 0.6 is 0 Å². The lowest BCUT2D eigenvalue weighted by Crippen LogP contribution is -2.41. The second kappa shape index (κ2) is 27.1. The quantitative estimate of drug-likeness (QED) is 0.0110. The highest BCUT2D eigenvalue weighted by molar-refractivity contribution is 7.89. The van der Waals surface area contributed by atoms with Gasteiger partial charge in [-0.1, -0.05) is 36.4 Å². The molecule has 0 radical (unpaired) electrons. The molecule has 0 spiro atoms. The maximum Gasteiger partial charge on any atom is 0.269 e. The van der Waals surface area contributed by atoms with Crippen molar-refractivity contribution in [2.45, 2.75) is 75.6 Å². The zero-order valence-electron chi connectivity index (χ0n) is 40.3. The molecule has 0 aliphatic heterocycles. The largest absolute Gasteiger partial charge is 0.494 e. The fraction of sp³-hybridized carbons (Fsp3) is 0.353. The van der Waals surface area contributed by atoms with E-state index < -0.39 is 78.2 Å². The first-order valence-corrected chi connectivity index (χ1v) is 28.2. The van der Waals surface area contributed by atoms with E-state index in [1.807, 2.05) is 0 Å². The molecular weight excluding hydrogens is 1020 g/mol. The Balaban J connectivity index is 1.08. The van der Waals surface area contributed by atoms with Gasteiger partial charge in [-0.05, 0) is 86.2 Å². The van der Waals surface area contributed by atoms with Gasteiger partial charge >= 0.3 is 0 Å². The first-order valence-electron chi connectivity index (χ1n) is 23.5. The monoisotopic (exact) mass is 1070 g/mol. The van der Waals surface area contributed by atoms with Crippen LogP contribution in [0.1, 0.15) is 73.7 Å². The number of unbranched alkanes of at least 4 members (excludes halogenated alkanes) is 2. The molecule has 0 aliphatic carbocycles. The van der Waals surface area contributed by atoms with E-state index in [1.165, 1.54) is 24.3 Å². The van der Waals surface area contributed by atoms with Gasteiger partial charge in [0.1, 0.15) is 5.75 Å². The molecular formula is C51H57N6O14S3+. The van der Waals surface area contributed by atoms with E-state index in [0.29, 0.717) is 69.0 Å². The molecule has 0 bridgehead atoms. The summed E-state index contributed by atoms with van der Waals surface area (Å²) >= 11 is 0. The second-order valence-electron chi connectivity index (χ2n) is 17.0. The maximum atomic E-state index is 14.7. The summed E-state index contributed by atoms with van der Waals surface area (Å²) in [5.74, 6) is -2.73. The van der Waals surface area contributed by atoms with Crippen LogP contribution in [0.5, 0.6) is 5.75 Å². The molecule has 74 heavy (non-hydrogen) atoms. The summed E-state index contributed by atoms with van der Waals surface area (Å²) in [6, 6.07) is 26.9. The van der Waals surface area contributed by atoms with Crippen molar-refractivity contribution in [1.82, 2.24) is 14.9 Å². The van der Waals surface area contributed by atoms with E-state index in [-0.39, 0.29) is 80.4 Å². The first kappa shape index (κ1) is 57.6. The Labute approximate surface area is 430 Å². The Morgan fingerprint density at radius 2 is 1.28 bits per heavy atom. The zero-order valence-corrected chi connectivity index (χ0v) is 42.7. The van der Waals surface area contributed by atoms with Crippen LogP contribution in [0.3, 0.4) is 0 Å². The fourth-order valence-electron chi connectivity index (χ4n) is 7.85. The molecule has 1 heterocycles. The molecule has 0 aliphatic rings. The number of aromatic nitrogens is 1. The van der Waals surface area contributed by atoms with E-state index in [2.05, 4.69) is 21.9 Å². The Bertz CT molecular complexity index is 3210. The van der Waals surface area contributed by atoms with Crippen LogP contribution in [0.4, 0.5) is 5.69 Å². The lowest BCUT2D eigenvalue weighted by Gasteiger charge is -2.24. The number of carbonyl (C=O) groups excluding carboxylic acids is 5. The number of terminal acetylenes is 1. The van der Waals surface area contributed by atoms with Gasteiger partial charge in [0.15, 0.2) is 18.2 Å². The van der Waals surface area contributed by atoms with Crippen LogP contribution in [0.25, 0.3) is 21.8 Å². The van der Waals surface area contributed by atoms with Crippen molar-refractivity contribution >= 4 is 87.2 Å². The Morgan fingerprint density at radius 3 is 1.86 bits per heavy atom. The molecule has 0 saturated carbocycles. The summed E-state index contributed by atoms with van der Waals surface area (Å²) in [4.78, 5) is 63.9. The summed E-state index contributed by atoms with van der Waals surface area (Å²) < 4.78 is 102. The predicted molar refractivity (Wildman–Crippen MR) is 274 cm³/mol. The predicted octanol–water partition coefficient (Wildman–Crippen LogP) is 4.53. The number of sulfonamides is 1. The van der Waals surface area contributed by atoms with Gasteiger partial charge in [0, 0.05) is 69.6 Å². The zero-order chi connectivity index (χ0) is 53.9. The summed E-state index contributed by atoms with van der Waals surface area (Å²) in [6.07, 6.45) is 7.31. The van der Waals surface area contributed by atoms with E-state index >= 15 is 0 Å². The lowest BCUT2D eigenvalue weighted by atomic mass is 10.0. The Hall–Kier alpha value is -7.28. The molecule has 1 aromatic heterocycles. The number of Topliss-reactive ketones (excluding diaryl/α,β-unsaturated/α-hetero) is 1. The fourth-order valence-corrected chi connectivity index (χ4v) is 10.3. The number of benzene rings is 4. The Morgan fingerprint density at radius 1 is 0.703 bits per heavy atom. The van der Waals surface area contributed by atoms with Gasteiger partial charge < -0.3 is 20.7 Å². The highest BCUT2D eigenvalue weighted by Crippen LogP contribution is 2.29. The van der Waals surface area contributed by atoms with Crippen molar-refractivity contribution in [2.24, 2.45) is 5.92 Å². The van der Waals surface area contributed by atoms with Crippen LogP contribution in [0.2, 0.25) is 0 Å². The topological polar surface area (TPSA) is 304 Å². The van der Waals surface area contributed by atoms with E-state index in [0.717, 1.165) is 0 Å². The van der Waals surface area contributed by atoms with Crippen molar-refractivity contribution in [1.29, 1.82) is 5.26 Å². The van der Waals surface area contributed by atoms with Gasteiger partial charge in [-0.15, -0.1) is 12.3 Å². The third kappa shape index (κ3) is 17.2. The van der Waals surface area contributed by atoms with Crippen molar-refractivity contribution in [3.63, 3.8) is 0 Å². The number of rotatable bonds is 29. The number of ketones is 1. The van der Waals surface area contributed by atoms with Crippen molar-refractivity contribution < 1.29 is 67.6 Å². The average Bonchev–Trinajstić information content (AvgIpc) is 3.36. The maximum absolute atomic E-state index is 14.7. The van der Waals surface area contributed by atoms with Gasteiger partial charge in [-0.2, -0.15) is 26.7 Å². The molecule has 4 amide bonds. The minimum absolute atomic E-state index is 0.0195. The number of hydrogen-bond donors (Lipinski definition) is 5. The van der Waals surface area contributed by atoms with E-state index in [9.17, 15) is 63.6 Å². The SMILES string of the molecule is C#CCCC(=O)C(C#N)C(=O)Nc1ccc(OCCCCCC(=O)NCCNC(=O)CCc2ccc(S(=O)(=O)N(CCCS(=O)(=O)O)C(=O)c3c4ccccc4[n+](CCCS(=O)(=O)O)c4ccccc34)cc2)cc1. The van der Waals surface area contributed by atoms with Crippen molar-refractivity contribution in [3.05, 3.63) is 108 Å². The highest BCUT2D eigenvalue weighted by Gasteiger charge is 2.35. The summed E-state index contributed by atoms with van der Waals surface area (Å²) in [7, 11) is -13.5. The molecule has 20 nitrogen and oxygen atoms in total. The number of nitrogens with one attached hydrogen (secondary N) is 3. The molecule has 1 atom stereocenters. The van der Waals surface area contributed by atoms with Gasteiger partial charge in [-0.3, -0.25) is 33.1 Å². The molecule has 1 unspecified atom stereocenters. The van der Waals surface area contributed by atoms with Gasteiger partial charge in [0.25, 0.3) is 36.2 Å². The number of fused-ring (bicyclic) bond motifs is 2. The standard InChI is InChI=1S/C51H56N6O14S3/c1-2-3-17-46(58)43(36-52)50(61)55-38-22-24-39(25-23-38)71-33-10-4-5-18-47(59)53-29-30-54-48(60)28-21-37-19-26-40(27-20-37)74(69,70)57(32-12-35-73(66,67)68)51(62)49-41-13-6-8-15-44(41)56(31-11-34-72(63,64)65)45-16-9-7-14-42(45)49/h1,6-9,13-16,19-20,22-27,43H,3-5,10-12,17-18,21,28-35H2,(H4-,53,54,55,59,60,61,63,64,65,66,67,68)/p+1. The van der Waals surface area contributed by atoms with Crippen LogP contribution in [0, 0.1) is 29.6 Å². The molecule has 5 aromatic rings. The number of nitriles is 1. The van der Waals surface area contributed by atoms with Crippen molar-refractivity contribution in [2.75, 3.05) is 43.1 Å². The number of nitrogens with zero attached hydrogens (tertiary/aromatic N) is 3. The molecule has 0 fully saturated rings. The number of ether oxygens (including phenoxy) is 1. The van der Waals surface area contributed by atoms with E-state index in [4.69, 9.17) is 11.2 Å². The van der Waals surface area contributed by atoms with Crippen LogP contribution < -0.4 is 25.3 Å². The van der Waals surface area contributed by atoms with Crippen LogP contribution in [-0.2, 0) is 62.4 Å². The van der Waals surface area contributed by atoms with E-state index in [1.54, 1.807) is 83.4 Å². The molecule has 5 N–H and O–H groups in total. The summed E-state index contributed by atoms with van der Waals surface area (Å²) in [5, 5.41) is 17.9. The van der Waals surface area contributed by atoms with Crippen LogP contribution in [-0.4, -0.2) is 106 Å². The molecule has 5 rings (SSSR count). The average molecular weight is 1070 g/mol. The van der Waals surface area contributed by atoms with Gasteiger partial charge in [-0.25, -0.2) is 12.7 Å². The lowest BCUT2D eigenvalue weighted by molar-refractivity contribution is -0.645. The number of hydrogen-bond acceptors (Lipinski definition) is 13. The minimum Gasteiger partial charge on any atom is -0.494 e. The number of para-hydroxylation sites is 2. The number of anilines is 1. The molecule has 0 saturated heterocycles. The normalized spacial score (nSPS) is 12.0. The highest BCUT2D eigenvalue weighted by atomic mass is 32.2. The summed E-state index contributed by atoms with van der Waals surface area (Å²) in [6.45, 7) is 0.237. The number of aryl methyl sites for hydroxylation is 2. The molecule has 392 valence electrons. The van der Waals surface area contributed by atoms with Gasteiger partial charge in [0.2, 0.25) is 28.8 Å². The Kier molecular flexibility index (Phi) is 21.1. The third-order valence-electron chi connectivity index (χ3n) is 11.5. The molecule has 4 aromatic carbocycles. The second-order valence-corrected chi connectivity index (χ2v) is 22.0. The van der Waals surface area contributed by atoms with Crippen molar-refractivity contribution in [3.8, 4) is 24.2 Å². The third-order valence-corrected chi connectivity index (χ3v) is 14.9. The van der Waals surface area contributed by atoms with Crippen LogP contribution in [0.15, 0.2) is 102 Å². The first-order chi connectivity index (χ1) is 35.2.